The molecule has 0 aromatic carbocycles. The van der Waals surface area contributed by atoms with Crippen LogP contribution in [0, 0.1) is 5.92 Å². The molecule has 2 aromatic rings. The van der Waals surface area contributed by atoms with Crippen LogP contribution < -0.4 is 0 Å². The van der Waals surface area contributed by atoms with Crippen LogP contribution in [0.15, 0.2) is 18.9 Å². The maximum atomic E-state index is 11.3. The van der Waals surface area contributed by atoms with Crippen LogP contribution in [0.3, 0.4) is 0 Å². The van der Waals surface area contributed by atoms with E-state index in [1.54, 1.807) is 10.8 Å². The minimum absolute atomic E-state index is 0.287. The standard InChI is InChI=1S/C11H14N4O2/c1-7(2)3-9(11(16)17)15-6-14-8-4-12-5-13-10(8)15/h4-7,9H,3H2,1-2H3,(H,16,17). The first-order chi connectivity index (χ1) is 8.09. The van der Waals surface area contributed by atoms with Crippen molar-refractivity contribution in [2.75, 3.05) is 0 Å². The van der Waals surface area contributed by atoms with Crippen LogP contribution in [0.4, 0.5) is 0 Å². The lowest BCUT2D eigenvalue weighted by atomic mass is 10.0. The van der Waals surface area contributed by atoms with Gasteiger partial charge in [0.05, 0.1) is 12.5 Å². The fourth-order valence-corrected chi connectivity index (χ4v) is 1.79. The van der Waals surface area contributed by atoms with Crippen molar-refractivity contribution in [2.24, 2.45) is 5.92 Å². The summed E-state index contributed by atoms with van der Waals surface area (Å²) in [4.78, 5) is 23.3. The molecule has 1 atom stereocenters. The van der Waals surface area contributed by atoms with E-state index in [9.17, 15) is 9.90 Å². The van der Waals surface area contributed by atoms with E-state index in [2.05, 4.69) is 15.0 Å². The molecule has 0 saturated carbocycles. The van der Waals surface area contributed by atoms with Gasteiger partial charge >= 0.3 is 5.97 Å². The average molecular weight is 234 g/mol. The van der Waals surface area contributed by atoms with Crippen molar-refractivity contribution in [3.63, 3.8) is 0 Å². The van der Waals surface area contributed by atoms with Gasteiger partial charge in [-0.2, -0.15) is 0 Å². The van der Waals surface area contributed by atoms with Gasteiger partial charge in [-0.15, -0.1) is 0 Å². The van der Waals surface area contributed by atoms with Gasteiger partial charge in [0, 0.05) is 0 Å². The van der Waals surface area contributed by atoms with Crippen molar-refractivity contribution in [3.8, 4) is 0 Å². The van der Waals surface area contributed by atoms with Crippen LogP contribution in [0.5, 0.6) is 0 Å². The van der Waals surface area contributed by atoms with Crippen molar-refractivity contribution in [1.29, 1.82) is 0 Å². The van der Waals surface area contributed by atoms with E-state index in [-0.39, 0.29) is 5.92 Å². The number of carbonyl (C=O) groups is 1. The molecule has 0 spiro atoms. The van der Waals surface area contributed by atoms with Gasteiger partial charge in [0.2, 0.25) is 0 Å². The summed E-state index contributed by atoms with van der Waals surface area (Å²) in [5.41, 5.74) is 1.18. The van der Waals surface area contributed by atoms with Crippen LogP contribution in [0.1, 0.15) is 26.3 Å². The Bertz CT molecular complexity index is 535. The molecule has 2 heterocycles. The fraction of sp³-hybridized carbons (Fsp3) is 0.455. The molecule has 90 valence electrons. The number of aromatic nitrogens is 4. The molecule has 0 radical (unpaired) electrons. The Kier molecular flexibility index (Phi) is 3.03. The summed E-state index contributed by atoms with van der Waals surface area (Å²) in [6, 6.07) is -0.630. The van der Waals surface area contributed by atoms with Gasteiger partial charge in [-0.3, -0.25) is 0 Å². The monoisotopic (exact) mass is 234 g/mol. The average Bonchev–Trinajstić information content (AvgIpc) is 2.69. The number of carboxylic acid groups (broad SMARTS) is 1. The number of hydrogen-bond acceptors (Lipinski definition) is 4. The molecule has 2 aromatic heterocycles. The highest BCUT2D eigenvalue weighted by Crippen LogP contribution is 2.21. The smallest absolute Gasteiger partial charge is 0.326 e. The molecule has 0 aliphatic heterocycles. The number of nitrogens with zero attached hydrogens (tertiary/aromatic N) is 4. The summed E-state index contributed by atoms with van der Waals surface area (Å²) in [6.07, 6.45) is 5.03. The SMILES string of the molecule is CC(C)CC(C(=O)O)n1cnc2cncnc21. The molecule has 0 aliphatic rings. The Morgan fingerprint density at radius 3 is 2.88 bits per heavy atom. The molecule has 1 unspecified atom stereocenters. The first kappa shape index (κ1) is 11.5. The zero-order chi connectivity index (χ0) is 12.4. The maximum Gasteiger partial charge on any atom is 0.326 e. The first-order valence-electron chi connectivity index (χ1n) is 5.45. The van der Waals surface area contributed by atoms with Crippen molar-refractivity contribution >= 4 is 17.1 Å². The number of fused-ring (bicyclic) bond motifs is 1. The van der Waals surface area contributed by atoms with E-state index in [4.69, 9.17) is 0 Å². The van der Waals surface area contributed by atoms with Gasteiger partial charge in [0.1, 0.15) is 17.9 Å². The third-order valence-electron chi connectivity index (χ3n) is 2.55. The van der Waals surface area contributed by atoms with Crippen molar-refractivity contribution in [3.05, 3.63) is 18.9 Å². The molecule has 17 heavy (non-hydrogen) atoms. The van der Waals surface area contributed by atoms with E-state index >= 15 is 0 Å². The molecule has 6 nitrogen and oxygen atoms in total. The Hall–Kier alpha value is -1.98. The minimum Gasteiger partial charge on any atom is -0.480 e. The van der Waals surface area contributed by atoms with Gasteiger partial charge in [0.25, 0.3) is 0 Å². The lowest BCUT2D eigenvalue weighted by Gasteiger charge is -2.16. The normalized spacial score (nSPS) is 13.1. The lowest BCUT2D eigenvalue weighted by Crippen LogP contribution is -2.20. The molecule has 0 amide bonds. The number of aliphatic carboxylic acids is 1. The maximum absolute atomic E-state index is 11.3. The summed E-state index contributed by atoms with van der Waals surface area (Å²) >= 11 is 0. The summed E-state index contributed by atoms with van der Waals surface area (Å²) in [6.45, 7) is 3.98. The number of carboxylic acids is 1. The fourth-order valence-electron chi connectivity index (χ4n) is 1.79. The topological polar surface area (TPSA) is 80.9 Å². The summed E-state index contributed by atoms with van der Waals surface area (Å²) in [5, 5.41) is 9.26. The first-order valence-corrected chi connectivity index (χ1v) is 5.45. The third kappa shape index (κ3) is 2.25. The quantitative estimate of drug-likeness (QED) is 0.866. The predicted octanol–water partition coefficient (Wildman–Crippen LogP) is 1.50. The molecule has 0 fully saturated rings. The number of rotatable bonds is 4. The lowest BCUT2D eigenvalue weighted by molar-refractivity contribution is -0.141. The molecule has 1 N–H and O–H groups in total. The van der Waals surface area contributed by atoms with Crippen molar-refractivity contribution < 1.29 is 9.90 Å². The van der Waals surface area contributed by atoms with Gasteiger partial charge in [0.15, 0.2) is 5.65 Å². The van der Waals surface area contributed by atoms with Gasteiger partial charge < -0.3 is 9.67 Å². The van der Waals surface area contributed by atoms with E-state index in [0.717, 1.165) is 0 Å². The van der Waals surface area contributed by atoms with Gasteiger partial charge in [-0.25, -0.2) is 19.7 Å². The van der Waals surface area contributed by atoms with Gasteiger partial charge in [-0.1, -0.05) is 13.8 Å². The molecule has 0 aliphatic carbocycles. The number of imidazole rings is 1. The molecular formula is C11H14N4O2. The number of hydrogen-bond donors (Lipinski definition) is 1. The van der Waals surface area contributed by atoms with Crippen molar-refractivity contribution in [1.82, 2.24) is 19.5 Å². The summed E-state index contributed by atoms with van der Waals surface area (Å²) < 4.78 is 1.60. The highest BCUT2D eigenvalue weighted by atomic mass is 16.4. The second kappa shape index (κ2) is 4.48. The van der Waals surface area contributed by atoms with Crippen LogP contribution in [0.2, 0.25) is 0 Å². The predicted molar refractivity (Wildman–Crippen MR) is 61.5 cm³/mol. The van der Waals surface area contributed by atoms with Gasteiger partial charge in [-0.05, 0) is 12.3 Å². The molecule has 6 heteroatoms. The third-order valence-corrected chi connectivity index (χ3v) is 2.55. The molecule has 0 bridgehead atoms. The Labute approximate surface area is 98.3 Å². The molecular weight excluding hydrogens is 220 g/mol. The second-order valence-corrected chi connectivity index (χ2v) is 4.37. The molecule has 0 saturated heterocycles. The van der Waals surface area contributed by atoms with Crippen LogP contribution in [0.25, 0.3) is 11.2 Å². The van der Waals surface area contributed by atoms with Crippen molar-refractivity contribution in [2.45, 2.75) is 26.3 Å². The molecule has 2 rings (SSSR count). The van der Waals surface area contributed by atoms with E-state index < -0.39 is 12.0 Å². The Morgan fingerprint density at radius 2 is 2.24 bits per heavy atom. The Balaban J connectivity index is 2.45. The van der Waals surface area contributed by atoms with Crippen LogP contribution in [-0.2, 0) is 4.79 Å². The summed E-state index contributed by atoms with van der Waals surface area (Å²) in [7, 11) is 0. The zero-order valence-corrected chi connectivity index (χ0v) is 9.74. The second-order valence-electron chi connectivity index (χ2n) is 4.37. The van der Waals surface area contributed by atoms with E-state index in [1.165, 1.54) is 12.7 Å². The van der Waals surface area contributed by atoms with Crippen LogP contribution >= 0.6 is 0 Å². The highest BCUT2D eigenvalue weighted by Gasteiger charge is 2.23. The largest absolute Gasteiger partial charge is 0.480 e. The van der Waals surface area contributed by atoms with Crippen LogP contribution in [-0.4, -0.2) is 30.6 Å². The Morgan fingerprint density at radius 1 is 1.47 bits per heavy atom. The van der Waals surface area contributed by atoms with E-state index in [1.807, 2.05) is 13.8 Å². The minimum atomic E-state index is -0.864. The zero-order valence-electron chi connectivity index (χ0n) is 9.74. The highest BCUT2D eigenvalue weighted by molar-refractivity contribution is 5.76. The van der Waals surface area contributed by atoms with E-state index in [0.29, 0.717) is 17.6 Å². The summed E-state index contributed by atoms with van der Waals surface area (Å²) in [5.74, 6) is -0.577.